The van der Waals surface area contributed by atoms with Crippen molar-refractivity contribution >= 4 is 27.5 Å². The van der Waals surface area contributed by atoms with Crippen molar-refractivity contribution in [2.75, 3.05) is 13.1 Å². The van der Waals surface area contributed by atoms with Crippen molar-refractivity contribution in [3.63, 3.8) is 0 Å². The summed E-state index contributed by atoms with van der Waals surface area (Å²) in [6.07, 6.45) is 3.43. The monoisotopic (exact) mass is 317 g/mol. The Balaban J connectivity index is 2.34. The highest BCUT2D eigenvalue weighted by Gasteiger charge is 2.05. The predicted octanol–water partition coefficient (Wildman–Crippen LogP) is 4.67. The van der Waals surface area contributed by atoms with Gasteiger partial charge in [0.2, 0.25) is 0 Å². The largest absolute Gasteiger partial charge is 0.316 e. The fourth-order valence-corrected chi connectivity index (χ4v) is 2.52. The number of benzene rings is 1. The van der Waals surface area contributed by atoms with E-state index in [1.807, 2.05) is 6.07 Å². The molecule has 1 aromatic carbocycles. The number of aryl methyl sites for hydroxylation is 1. The van der Waals surface area contributed by atoms with E-state index in [4.69, 9.17) is 11.6 Å². The van der Waals surface area contributed by atoms with Crippen molar-refractivity contribution in [2.24, 2.45) is 5.92 Å². The second kappa shape index (κ2) is 8.12. The fraction of sp³-hybridized carbons (Fsp3) is 0.571. The van der Waals surface area contributed by atoms with Gasteiger partial charge in [0.1, 0.15) is 0 Å². The van der Waals surface area contributed by atoms with E-state index in [-0.39, 0.29) is 0 Å². The zero-order valence-electron chi connectivity index (χ0n) is 10.6. The van der Waals surface area contributed by atoms with Crippen molar-refractivity contribution in [3.8, 4) is 0 Å². The molecule has 0 saturated carbocycles. The molecule has 3 heteroatoms. The van der Waals surface area contributed by atoms with E-state index in [2.05, 4.69) is 47.2 Å². The highest BCUT2D eigenvalue weighted by molar-refractivity contribution is 9.10. The first kappa shape index (κ1) is 15.0. The first-order chi connectivity index (χ1) is 8.13. The Morgan fingerprint density at radius 2 is 2.18 bits per heavy atom. The third kappa shape index (κ3) is 5.89. The van der Waals surface area contributed by atoms with Gasteiger partial charge in [-0.3, -0.25) is 0 Å². The lowest BCUT2D eigenvalue weighted by Crippen LogP contribution is -2.22. The van der Waals surface area contributed by atoms with Gasteiger partial charge in [-0.15, -0.1) is 0 Å². The fourth-order valence-electron chi connectivity index (χ4n) is 1.75. The van der Waals surface area contributed by atoms with Gasteiger partial charge in [-0.1, -0.05) is 47.4 Å². The highest BCUT2D eigenvalue weighted by atomic mass is 79.9. The lowest BCUT2D eigenvalue weighted by atomic mass is 10.0. The molecule has 1 unspecified atom stereocenters. The summed E-state index contributed by atoms with van der Waals surface area (Å²) in [5.74, 6) is 0.696. The van der Waals surface area contributed by atoms with Crippen LogP contribution in [0.5, 0.6) is 0 Å². The Morgan fingerprint density at radius 3 is 2.82 bits per heavy atom. The van der Waals surface area contributed by atoms with E-state index < -0.39 is 0 Å². The topological polar surface area (TPSA) is 12.0 Å². The molecule has 17 heavy (non-hydrogen) atoms. The number of halogens is 2. The molecular formula is C14H21BrClN. The quantitative estimate of drug-likeness (QED) is 0.720. The van der Waals surface area contributed by atoms with Crippen LogP contribution < -0.4 is 5.32 Å². The highest BCUT2D eigenvalue weighted by Crippen LogP contribution is 2.23. The third-order valence-corrected chi connectivity index (χ3v) is 3.69. The van der Waals surface area contributed by atoms with Crippen LogP contribution in [0.1, 0.15) is 32.3 Å². The van der Waals surface area contributed by atoms with Crippen LogP contribution in [0.15, 0.2) is 22.7 Å². The Hall–Kier alpha value is -0.0500. The maximum absolute atomic E-state index is 6.19. The standard InChI is InChI=1S/C14H21BrClN/c1-3-8-17-10-11(2)4-5-12-6-7-13(15)9-14(12)16/h6-7,9,11,17H,3-5,8,10H2,1-2H3. The van der Waals surface area contributed by atoms with Gasteiger partial charge in [0.15, 0.2) is 0 Å². The molecule has 0 aliphatic heterocycles. The minimum atomic E-state index is 0.696. The zero-order chi connectivity index (χ0) is 12.7. The molecule has 0 aromatic heterocycles. The van der Waals surface area contributed by atoms with Gasteiger partial charge >= 0.3 is 0 Å². The Labute approximate surface area is 118 Å². The lowest BCUT2D eigenvalue weighted by molar-refractivity contribution is 0.481. The van der Waals surface area contributed by atoms with Gasteiger partial charge in [0.25, 0.3) is 0 Å². The first-order valence-electron chi connectivity index (χ1n) is 6.28. The molecular weight excluding hydrogens is 298 g/mol. The summed E-state index contributed by atoms with van der Waals surface area (Å²) in [5, 5.41) is 4.32. The third-order valence-electron chi connectivity index (χ3n) is 2.84. The van der Waals surface area contributed by atoms with E-state index in [1.165, 1.54) is 18.4 Å². The molecule has 1 aromatic rings. The molecule has 0 aliphatic carbocycles. The first-order valence-corrected chi connectivity index (χ1v) is 7.45. The minimum Gasteiger partial charge on any atom is -0.316 e. The summed E-state index contributed by atoms with van der Waals surface area (Å²) < 4.78 is 1.05. The summed E-state index contributed by atoms with van der Waals surface area (Å²) in [6.45, 7) is 6.69. The van der Waals surface area contributed by atoms with E-state index >= 15 is 0 Å². The van der Waals surface area contributed by atoms with Crippen LogP contribution in [0.3, 0.4) is 0 Å². The Kier molecular flexibility index (Phi) is 7.17. The van der Waals surface area contributed by atoms with Gasteiger partial charge in [-0.25, -0.2) is 0 Å². The molecule has 1 atom stereocenters. The summed E-state index contributed by atoms with van der Waals surface area (Å²) in [6, 6.07) is 6.14. The van der Waals surface area contributed by atoms with Crippen molar-refractivity contribution in [2.45, 2.75) is 33.1 Å². The molecule has 0 amide bonds. The normalized spacial score (nSPS) is 12.7. The van der Waals surface area contributed by atoms with E-state index in [0.29, 0.717) is 5.92 Å². The van der Waals surface area contributed by atoms with Crippen LogP contribution in [0.4, 0.5) is 0 Å². The summed E-state index contributed by atoms with van der Waals surface area (Å²) in [5.41, 5.74) is 1.25. The van der Waals surface area contributed by atoms with Gasteiger partial charge in [-0.2, -0.15) is 0 Å². The van der Waals surface area contributed by atoms with Crippen molar-refractivity contribution in [1.29, 1.82) is 0 Å². The van der Waals surface area contributed by atoms with Crippen LogP contribution in [0.2, 0.25) is 5.02 Å². The van der Waals surface area contributed by atoms with Crippen molar-refractivity contribution in [1.82, 2.24) is 5.32 Å². The molecule has 1 N–H and O–H groups in total. The molecule has 0 aliphatic rings. The molecule has 96 valence electrons. The van der Waals surface area contributed by atoms with Crippen LogP contribution >= 0.6 is 27.5 Å². The second-order valence-corrected chi connectivity index (χ2v) is 5.91. The zero-order valence-corrected chi connectivity index (χ0v) is 12.9. The SMILES string of the molecule is CCCNCC(C)CCc1ccc(Br)cc1Cl. The van der Waals surface area contributed by atoms with E-state index in [0.717, 1.165) is 29.0 Å². The van der Waals surface area contributed by atoms with Crippen LogP contribution in [-0.4, -0.2) is 13.1 Å². The van der Waals surface area contributed by atoms with Gasteiger partial charge in [0.05, 0.1) is 0 Å². The van der Waals surface area contributed by atoms with Crippen LogP contribution in [0, 0.1) is 5.92 Å². The molecule has 0 bridgehead atoms. The van der Waals surface area contributed by atoms with Gasteiger partial charge < -0.3 is 5.32 Å². The molecule has 1 nitrogen and oxygen atoms in total. The maximum atomic E-state index is 6.19. The predicted molar refractivity (Wildman–Crippen MR) is 79.8 cm³/mol. The van der Waals surface area contributed by atoms with Crippen molar-refractivity contribution in [3.05, 3.63) is 33.3 Å². The molecule has 0 saturated heterocycles. The number of rotatable bonds is 7. The average Bonchev–Trinajstić information content (AvgIpc) is 2.28. The Morgan fingerprint density at radius 1 is 1.41 bits per heavy atom. The van der Waals surface area contributed by atoms with Crippen molar-refractivity contribution < 1.29 is 0 Å². The smallest absolute Gasteiger partial charge is 0.0449 e. The number of nitrogens with one attached hydrogen (secondary N) is 1. The van der Waals surface area contributed by atoms with E-state index in [1.54, 1.807) is 0 Å². The van der Waals surface area contributed by atoms with E-state index in [9.17, 15) is 0 Å². The summed E-state index contributed by atoms with van der Waals surface area (Å²) >= 11 is 9.62. The maximum Gasteiger partial charge on any atom is 0.0449 e. The molecule has 0 fully saturated rings. The van der Waals surface area contributed by atoms with Gasteiger partial charge in [0, 0.05) is 9.50 Å². The molecule has 1 rings (SSSR count). The van der Waals surface area contributed by atoms with Crippen LogP contribution in [-0.2, 0) is 6.42 Å². The lowest BCUT2D eigenvalue weighted by Gasteiger charge is -2.12. The molecule has 0 heterocycles. The molecule has 0 spiro atoms. The second-order valence-electron chi connectivity index (χ2n) is 4.58. The molecule has 0 radical (unpaired) electrons. The Bertz CT molecular complexity index is 341. The number of hydrogen-bond acceptors (Lipinski definition) is 1. The minimum absolute atomic E-state index is 0.696. The van der Waals surface area contributed by atoms with Gasteiger partial charge in [-0.05, 0) is 56.0 Å². The average molecular weight is 319 g/mol. The summed E-state index contributed by atoms with van der Waals surface area (Å²) in [7, 11) is 0. The van der Waals surface area contributed by atoms with Crippen LogP contribution in [0.25, 0.3) is 0 Å². The number of hydrogen-bond donors (Lipinski definition) is 1. The summed E-state index contributed by atoms with van der Waals surface area (Å²) in [4.78, 5) is 0.